The molecule has 1 aromatic rings. The van der Waals surface area contributed by atoms with Gasteiger partial charge in [0.25, 0.3) is 0 Å². The number of rotatable bonds is 5. The second kappa shape index (κ2) is 7.32. The highest BCUT2D eigenvalue weighted by Gasteiger charge is 2.65. The van der Waals surface area contributed by atoms with Gasteiger partial charge in [0.15, 0.2) is 5.96 Å². The van der Waals surface area contributed by atoms with E-state index >= 15 is 0 Å². The molecule has 2 heterocycles. The fourth-order valence-electron chi connectivity index (χ4n) is 5.20. The molecule has 0 radical (unpaired) electrons. The molecule has 0 aromatic carbocycles. The number of aromatic nitrogens is 1. The maximum atomic E-state index is 6.09. The van der Waals surface area contributed by atoms with Gasteiger partial charge in [-0.25, -0.2) is 0 Å². The first-order valence-electron chi connectivity index (χ1n) is 9.90. The normalized spacial score (nSPS) is 30.1. The van der Waals surface area contributed by atoms with Crippen LogP contribution in [0.5, 0.6) is 0 Å². The quantitative estimate of drug-likeness (QED) is 0.638. The van der Waals surface area contributed by atoms with Crippen LogP contribution in [-0.4, -0.2) is 42.8 Å². The van der Waals surface area contributed by atoms with Gasteiger partial charge in [-0.1, -0.05) is 18.9 Å². The van der Waals surface area contributed by atoms with Gasteiger partial charge < -0.3 is 15.4 Å². The fourth-order valence-corrected chi connectivity index (χ4v) is 5.20. The van der Waals surface area contributed by atoms with Crippen LogP contribution >= 0.6 is 0 Å². The third-order valence-corrected chi connectivity index (χ3v) is 6.29. The summed E-state index contributed by atoms with van der Waals surface area (Å²) < 4.78 is 6.09. The summed E-state index contributed by atoms with van der Waals surface area (Å²) >= 11 is 0. The number of aliphatic imine (C=N–C) groups is 1. The number of hydrogen-bond donors (Lipinski definition) is 2. The molecule has 3 unspecified atom stereocenters. The van der Waals surface area contributed by atoms with Crippen LogP contribution in [0.3, 0.4) is 0 Å². The van der Waals surface area contributed by atoms with E-state index in [1.165, 1.54) is 32.1 Å². The Morgan fingerprint density at radius 3 is 3.00 bits per heavy atom. The van der Waals surface area contributed by atoms with Crippen molar-refractivity contribution in [3.63, 3.8) is 0 Å². The number of nitrogens with zero attached hydrogens (tertiary/aromatic N) is 2. The van der Waals surface area contributed by atoms with Crippen LogP contribution in [-0.2, 0) is 11.2 Å². The molecule has 136 valence electrons. The number of fused-ring (bicyclic) bond motifs is 2. The zero-order valence-corrected chi connectivity index (χ0v) is 15.2. The Kier molecular flexibility index (Phi) is 4.93. The van der Waals surface area contributed by atoms with Crippen molar-refractivity contribution in [3.05, 3.63) is 30.1 Å². The van der Waals surface area contributed by atoms with Crippen LogP contribution in [0.25, 0.3) is 0 Å². The smallest absolute Gasteiger partial charge is 0.191 e. The Balaban J connectivity index is 1.41. The zero-order valence-electron chi connectivity index (χ0n) is 15.2. The highest BCUT2D eigenvalue weighted by Crippen LogP contribution is 2.60. The largest absolute Gasteiger partial charge is 0.377 e. The summed E-state index contributed by atoms with van der Waals surface area (Å²) in [7, 11) is 0. The fraction of sp³-hybridized carbons (Fsp3) is 0.700. The second-order valence-corrected chi connectivity index (χ2v) is 7.64. The van der Waals surface area contributed by atoms with E-state index in [-0.39, 0.29) is 0 Å². The number of pyridine rings is 1. The molecule has 1 aliphatic heterocycles. The highest BCUT2D eigenvalue weighted by atomic mass is 16.5. The topological polar surface area (TPSA) is 58.5 Å². The standard InChI is InChI=1S/C20H30N4O/c1-2-21-19(23-13-8-15-7-3-6-12-22-15)24-17-16-9-14-25-18(16)20(17)10-4-5-11-20/h3,6-7,12,16-18H,2,4-5,8-11,13-14H2,1H3,(H2,21,23,24). The molecule has 4 rings (SSSR count). The molecule has 5 heteroatoms. The average molecular weight is 342 g/mol. The minimum atomic E-state index is 0.359. The van der Waals surface area contributed by atoms with Gasteiger partial charge in [0.1, 0.15) is 0 Å². The first kappa shape index (κ1) is 16.8. The van der Waals surface area contributed by atoms with Crippen molar-refractivity contribution in [2.75, 3.05) is 19.7 Å². The molecule has 1 aromatic heterocycles. The van der Waals surface area contributed by atoms with E-state index in [0.29, 0.717) is 23.5 Å². The highest BCUT2D eigenvalue weighted by molar-refractivity contribution is 5.80. The van der Waals surface area contributed by atoms with Crippen molar-refractivity contribution in [3.8, 4) is 0 Å². The summed E-state index contributed by atoms with van der Waals surface area (Å²) in [4.78, 5) is 9.20. The summed E-state index contributed by atoms with van der Waals surface area (Å²) in [6, 6.07) is 6.58. The lowest BCUT2D eigenvalue weighted by Gasteiger charge is -2.57. The van der Waals surface area contributed by atoms with E-state index in [1.54, 1.807) is 0 Å². The predicted molar refractivity (Wildman–Crippen MR) is 99.6 cm³/mol. The van der Waals surface area contributed by atoms with Crippen LogP contribution in [0.15, 0.2) is 29.4 Å². The monoisotopic (exact) mass is 342 g/mol. The van der Waals surface area contributed by atoms with E-state index < -0.39 is 0 Å². The summed E-state index contributed by atoms with van der Waals surface area (Å²) in [6.45, 7) is 4.71. The summed E-state index contributed by atoms with van der Waals surface area (Å²) in [5, 5.41) is 7.22. The van der Waals surface area contributed by atoms with E-state index in [0.717, 1.165) is 37.8 Å². The number of guanidine groups is 1. The average Bonchev–Trinajstić information content (AvgIpc) is 3.29. The summed E-state index contributed by atoms with van der Waals surface area (Å²) in [6.07, 6.45) is 9.71. The maximum Gasteiger partial charge on any atom is 0.191 e. The van der Waals surface area contributed by atoms with E-state index in [9.17, 15) is 0 Å². The van der Waals surface area contributed by atoms with Gasteiger partial charge >= 0.3 is 0 Å². The van der Waals surface area contributed by atoms with Gasteiger partial charge in [-0.05, 0) is 38.3 Å². The minimum Gasteiger partial charge on any atom is -0.377 e. The molecule has 0 bridgehead atoms. The van der Waals surface area contributed by atoms with Gasteiger partial charge in [0, 0.05) is 55.4 Å². The van der Waals surface area contributed by atoms with Crippen molar-refractivity contribution < 1.29 is 4.74 Å². The maximum absolute atomic E-state index is 6.09. The molecular formula is C20H30N4O. The molecule has 3 fully saturated rings. The molecule has 1 saturated heterocycles. The Bertz CT molecular complexity index is 597. The van der Waals surface area contributed by atoms with Crippen molar-refractivity contribution in [2.45, 2.75) is 57.6 Å². The molecule has 2 saturated carbocycles. The third kappa shape index (κ3) is 3.14. The van der Waals surface area contributed by atoms with Gasteiger partial charge in [0.2, 0.25) is 0 Å². The zero-order chi connectivity index (χ0) is 17.1. The second-order valence-electron chi connectivity index (χ2n) is 7.64. The molecule has 0 amide bonds. The van der Waals surface area contributed by atoms with Crippen LogP contribution in [0.1, 0.15) is 44.7 Å². The number of nitrogens with one attached hydrogen (secondary N) is 2. The Morgan fingerprint density at radius 2 is 2.24 bits per heavy atom. The summed E-state index contributed by atoms with van der Waals surface area (Å²) in [5.41, 5.74) is 1.46. The van der Waals surface area contributed by atoms with Crippen molar-refractivity contribution in [1.82, 2.24) is 15.6 Å². The lowest BCUT2D eigenvalue weighted by atomic mass is 9.54. The first-order chi connectivity index (χ1) is 12.3. The van der Waals surface area contributed by atoms with Crippen molar-refractivity contribution in [2.24, 2.45) is 16.3 Å². The molecule has 2 aliphatic carbocycles. The molecular weight excluding hydrogens is 312 g/mol. The molecule has 1 spiro atoms. The van der Waals surface area contributed by atoms with Gasteiger partial charge in [0.05, 0.1) is 6.10 Å². The Labute approximate surface area is 150 Å². The van der Waals surface area contributed by atoms with Gasteiger partial charge in [-0.3, -0.25) is 9.98 Å². The van der Waals surface area contributed by atoms with Crippen molar-refractivity contribution >= 4 is 5.96 Å². The Morgan fingerprint density at radius 1 is 1.36 bits per heavy atom. The van der Waals surface area contributed by atoms with Crippen molar-refractivity contribution in [1.29, 1.82) is 0 Å². The third-order valence-electron chi connectivity index (χ3n) is 6.29. The van der Waals surface area contributed by atoms with Gasteiger partial charge in [-0.2, -0.15) is 0 Å². The molecule has 5 nitrogen and oxygen atoms in total. The van der Waals surface area contributed by atoms with E-state index in [1.807, 2.05) is 18.3 Å². The predicted octanol–water partition coefficient (Wildman–Crippen LogP) is 2.53. The van der Waals surface area contributed by atoms with E-state index in [2.05, 4.69) is 28.6 Å². The van der Waals surface area contributed by atoms with Crippen LogP contribution < -0.4 is 10.6 Å². The molecule has 3 aliphatic rings. The van der Waals surface area contributed by atoms with Crippen LogP contribution in [0, 0.1) is 11.3 Å². The number of ether oxygens (including phenoxy) is 1. The van der Waals surface area contributed by atoms with Gasteiger partial charge in [-0.15, -0.1) is 0 Å². The lowest BCUT2D eigenvalue weighted by molar-refractivity contribution is -0.125. The first-order valence-corrected chi connectivity index (χ1v) is 9.90. The SMILES string of the molecule is CCNC(=NCCc1ccccn1)NC1C2CCOC2C12CCCC2. The number of hydrogen-bond acceptors (Lipinski definition) is 3. The van der Waals surface area contributed by atoms with Crippen LogP contribution in [0.2, 0.25) is 0 Å². The minimum absolute atomic E-state index is 0.359. The molecule has 3 atom stereocenters. The van der Waals surface area contributed by atoms with E-state index in [4.69, 9.17) is 9.73 Å². The Hall–Kier alpha value is -1.62. The van der Waals surface area contributed by atoms with Crippen LogP contribution in [0.4, 0.5) is 0 Å². The summed E-state index contributed by atoms with van der Waals surface area (Å²) in [5.74, 6) is 1.62. The molecule has 2 N–H and O–H groups in total. The lowest BCUT2D eigenvalue weighted by Crippen LogP contribution is -2.69. The molecule has 25 heavy (non-hydrogen) atoms.